The fourth-order valence-electron chi connectivity index (χ4n) is 11.5. The highest BCUT2D eigenvalue weighted by atomic mass is 19.3. The van der Waals surface area contributed by atoms with Gasteiger partial charge in [0, 0.05) is 99.3 Å². The summed E-state index contributed by atoms with van der Waals surface area (Å²) >= 11 is 0. The Morgan fingerprint density at radius 3 is 1.57 bits per heavy atom. The van der Waals surface area contributed by atoms with Gasteiger partial charge in [0.15, 0.2) is 0 Å². The molecule has 2 fully saturated rings. The first-order chi connectivity index (χ1) is 46.3. The number of amides is 5. The van der Waals surface area contributed by atoms with Crippen molar-refractivity contribution in [2.75, 3.05) is 52.5 Å². The number of hydrogen-bond donors (Lipinski definition) is 7. The quantitative estimate of drug-likeness (QED) is 0.0125. The van der Waals surface area contributed by atoms with Gasteiger partial charge in [0.2, 0.25) is 11.8 Å². The summed E-state index contributed by atoms with van der Waals surface area (Å²) in [5.74, 6) is -8.63. The molecule has 8 rings (SSSR count). The maximum absolute atomic E-state index is 14.0. The number of alkyl carbamates (subject to hydrolysis) is 1. The van der Waals surface area contributed by atoms with Crippen LogP contribution in [-0.4, -0.2) is 190 Å². The van der Waals surface area contributed by atoms with E-state index in [1.165, 1.54) is 24.5 Å². The largest absolute Gasteiger partial charge is 0.494 e. The van der Waals surface area contributed by atoms with E-state index < -0.39 is 117 Å². The van der Waals surface area contributed by atoms with E-state index in [4.69, 9.17) is 14.2 Å². The maximum atomic E-state index is 14.0. The van der Waals surface area contributed by atoms with E-state index in [0.29, 0.717) is 77.9 Å². The van der Waals surface area contributed by atoms with Crippen molar-refractivity contribution in [2.45, 2.75) is 185 Å². The van der Waals surface area contributed by atoms with E-state index >= 15 is 0 Å². The zero-order chi connectivity index (χ0) is 69.9. The molecule has 97 heavy (non-hydrogen) atoms. The smallest absolute Gasteiger partial charge is 0.408 e. The zero-order valence-electron chi connectivity index (χ0n) is 55.1. The third-order valence-electron chi connectivity index (χ3n) is 16.6. The van der Waals surface area contributed by atoms with Crippen LogP contribution >= 0.6 is 0 Å². The number of unbranched alkanes of at least 4 members (excludes halogenated alkanes) is 2. The summed E-state index contributed by atoms with van der Waals surface area (Å²) < 4.78 is 77.0. The van der Waals surface area contributed by atoms with E-state index in [1.807, 2.05) is 12.4 Å². The summed E-state index contributed by atoms with van der Waals surface area (Å²) in [5, 5.41) is 74.5. The van der Waals surface area contributed by atoms with Gasteiger partial charge in [-0.05, 0) is 95.0 Å². The lowest BCUT2D eigenvalue weighted by Crippen LogP contribution is -2.52. The molecule has 0 bridgehead atoms. The summed E-state index contributed by atoms with van der Waals surface area (Å²) in [6.45, 7) is 8.46. The van der Waals surface area contributed by atoms with Crippen molar-refractivity contribution in [2.24, 2.45) is 0 Å². The van der Waals surface area contributed by atoms with Gasteiger partial charge in [0.25, 0.3) is 23.7 Å². The fraction of sp³-hybridized carbons (Fsp3) is 0.561. The number of halogens is 4. The lowest BCUT2D eigenvalue weighted by atomic mass is 9.98. The van der Waals surface area contributed by atoms with Gasteiger partial charge in [-0.15, -0.1) is 10.2 Å². The molecule has 2 aliphatic heterocycles. The van der Waals surface area contributed by atoms with Gasteiger partial charge in [-0.2, -0.15) is 10.5 Å². The van der Waals surface area contributed by atoms with Crippen LogP contribution in [0.3, 0.4) is 0 Å². The number of hydrogen-bond acceptors (Lipinski definition) is 20. The van der Waals surface area contributed by atoms with Gasteiger partial charge < -0.3 is 50.2 Å². The number of nitrogens with zero attached hydrogens (tertiary/aromatic N) is 12. The molecule has 2 aromatic carbocycles. The number of rotatable bonds is 35. The Labute approximate surface area is 558 Å². The number of ether oxygens (including phenoxy) is 3. The van der Waals surface area contributed by atoms with Crippen LogP contribution in [0.15, 0.2) is 73.3 Å². The first-order valence-electron chi connectivity index (χ1n) is 32.7. The number of aryl methyl sites for hydroxylation is 2. The molecule has 2 aliphatic rings. The van der Waals surface area contributed by atoms with Gasteiger partial charge in [-0.25, -0.2) is 22.4 Å². The zero-order valence-corrected chi connectivity index (χ0v) is 55.1. The van der Waals surface area contributed by atoms with Crippen molar-refractivity contribution in [1.29, 1.82) is 10.5 Å². The van der Waals surface area contributed by atoms with Crippen LogP contribution in [0.5, 0.6) is 11.5 Å². The topological polar surface area (TPSA) is 355 Å². The predicted octanol–water partition coefficient (Wildman–Crippen LogP) is 6.62. The van der Waals surface area contributed by atoms with E-state index in [-0.39, 0.29) is 55.6 Å². The number of likely N-dealkylation sites (tertiary alicyclic amines) is 2. The van der Waals surface area contributed by atoms with E-state index in [0.717, 1.165) is 47.6 Å². The van der Waals surface area contributed by atoms with Crippen LogP contribution in [0.1, 0.15) is 156 Å². The monoisotopic (exact) mass is 1350 g/mol. The standard InChI is InChI=1S/C66H85F4N17O10/c1-6-8-12-42(55-38-84(82-80-55)24-10-26-95-46-14-16-52-50(28-46)48(20-22-73-52)60(91)77-36-58(89)86-40-65(67,68)30-44(86)32-71)34-75-57(88)19-18-54(79-63(94)97-64(3,4)5)62(93)76-35-43(13-9-7-2)56-39-85(83-81-56)25-11-27-96-47-15-17-53-51(29-47)49(21-23-74-53)61(92)78-37-59(90)87-41-66(69,70)31-45(87)33-72/h14-17,20-23,28-29,38-39,42-45,54,57,62,75-76,88,93H,6-13,18-19,24-27,30-31,34-37,40-41H2,1-5H3,(H,77,91)(H,78,92)(H,79,94)/t42-,43-,44+,45+,54-,57-,62-/m1/s1. The molecular weight excluding hydrogens is 1270 g/mol. The molecule has 6 heterocycles. The second-order valence-corrected chi connectivity index (χ2v) is 25.4. The average Bonchev–Trinajstić information content (AvgIpc) is 1.75. The number of nitriles is 2. The minimum absolute atomic E-state index is 0.115. The van der Waals surface area contributed by atoms with Gasteiger partial charge >= 0.3 is 6.09 Å². The molecule has 2 saturated heterocycles. The SMILES string of the molecule is CCCC[C@H](CN[C@H](O)CC[C@@H](NC(=O)OC(C)(C)C)[C@@H](O)NC[C@@H](CCCC)c1cn(CCCOc2ccc3nccc(C(=O)NCC(=O)N4CC(F)(F)C[C@H]4C#N)c3c2)nn1)c1cn(CCCOc2ccc3nccc(C(=O)NCC(=O)N4CC(F)(F)C[C@H]4C#N)c3c2)nn1. The fourth-order valence-corrected chi connectivity index (χ4v) is 11.5. The Morgan fingerprint density at radius 1 is 0.660 bits per heavy atom. The maximum Gasteiger partial charge on any atom is 0.408 e. The van der Waals surface area contributed by atoms with Crippen LogP contribution in [0, 0.1) is 22.7 Å². The minimum atomic E-state index is -3.19. The highest BCUT2D eigenvalue weighted by molar-refractivity contribution is 6.08. The Kier molecular flexibility index (Phi) is 25.9. The van der Waals surface area contributed by atoms with Gasteiger partial charge in [-0.3, -0.25) is 49.1 Å². The average molecular weight is 1350 g/mol. The van der Waals surface area contributed by atoms with Crippen LogP contribution in [0.25, 0.3) is 21.8 Å². The molecule has 0 unspecified atom stereocenters. The number of nitrogens with one attached hydrogen (secondary N) is 5. The summed E-state index contributed by atoms with van der Waals surface area (Å²) in [5.41, 5.74) is 1.93. The van der Waals surface area contributed by atoms with Crippen molar-refractivity contribution in [3.63, 3.8) is 0 Å². The van der Waals surface area contributed by atoms with Gasteiger partial charge in [-0.1, -0.05) is 50.0 Å². The molecule has 5 amide bonds. The molecule has 6 aromatic rings. The first kappa shape index (κ1) is 73.6. The molecule has 522 valence electrons. The molecule has 7 atom stereocenters. The highest BCUT2D eigenvalue weighted by Crippen LogP contribution is 2.34. The number of fused-ring (bicyclic) bond motifs is 2. The van der Waals surface area contributed by atoms with Crippen molar-refractivity contribution in [1.82, 2.24) is 76.3 Å². The van der Waals surface area contributed by atoms with Crippen molar-refractivity contribution < 1.29 is 66.0 Å². The number of aromatic nitrogens is 8. The predicted molar refractivity (Wildman–Crippen MR) is 345 cm³/mol. The van der Waals surface area contributed by atoms with E-state index in [1.54, 1.807) is 78.7 Å². The summed E-state index contributed by atoms with van der Waals surface area (Å²) in [6, 6.07) is 13.0. The lowest BCUT2D eigenvalue weighted by molar-refractivity contribution is -0.132. The molecule has 31 heteroatoms. The van der Waals surface area contributed by atoms with Crippen molar-refractivity contribution >= 4 is 51.5 Å². The van der Waals surface area contributed by atoms with Crippen molar-refractivity contribution in [3.05, 3.63) is 95.8 Å². The van der Waals surface area contributed by atoms with E-state index in [9.17, 15) is 62.3 Å². The van der Waals surface area contributed by atoms with Crippen LogP contribution < -0.4 is 36.1 Å². The first-order valence-corrected chi connectivity index (χ1v) is 32.7. The number of carbonyl (C=O) groups is 5. The number of alkyl halides is 4. The summed E-state index contributed by atoms with van der Waals surface area (Å²) in [4.78, 5) is 75.5. The Morgan fingerprint density at radius 2 is 1.12 bits per heavy atom. The molecule has 4 aromatic heterocycles. The van der Waals surface area contributed by atoms with Gasteiger partial charge in [0.05, 0.1) is 91.1 Å². The second-order valence-electron chi connectivity index (χ2n) is 25.4. The van der Waals surface area contributed by atoms with E-state index in [2.05, 4.69) is 71.0 Å². The molecule has 0 saturated carbocycles. The third kappa shape index (κ3) is 21.4. The Balaban J connectivity index is 0.794. The Bertz CT molecular complexity index is 3740. The summed E-state index contributed by atoms with van der Waals surface area (Å²) in [7, 11) is 0. The second kappa shape index (κ2) is 34.2. The third-order valence-corrected chi connectivity index (χ3v) is 16.6. The summed E-state index contributed by atoms with van der Waals surface area (Å²) in [6.07, 6.45) is 8.39. The van der Waals surface area contributed by atoms with Crippen LogP contribution in [0.4, 0.5) is 22.4 Å². The number of benzene rings is 2. The number of pyridine rings is 2. The van der Waals surface area contributed by atoms with Gasteiger partial charge in [0.1, 0.15) is 41.6 Å². The molecule has 0 aliphatic carbocycles. The Hall–Kier alpha value is -9.17. The van der Waals surface area contributed by atoms with Crippen molar-refractivity contribution in [3.8, 4) is 23.6 Å². The number of carbonyl (C=O) groups excluding carboxylic acids is 5. The number of aliphatic hydroxyl groups is 2. The van der Waals surface area contributed by atoms with Crippen LogP contribution in [0.2, 0.25) is 0 Å². The normalized spacial score (nSPS) is 17.4. The molecular formula is C66H85F4N17O10. The minimum Gasteiger partial charge on any atom is -0.494 e. The number of aliphatic hydroxyl groups excluding tert-OH is 2. The molecule has 0 radical (unpaired) electrons. The van der Waals surface area contributed by atoms with Crippen LogP contribution in [-0.2, 0) is 27.4 Å². The lowest BCUT2D eigenvalue weighted by Gasteiger charge is -2.29. The molecule has 7 N–H and O–H groups in total. The molecule has 27 nitrogen and oxygen atoms in total. The highest BCUT2D eigenvalue weighted by Gasteiger charge is 2.48. The molecule has 0 spiro atoms.